The molecule has 1 unspecified atom stereocenters. The molecule has 0 fully saturated rings. The van der Waals surface area contributed by atoms with E-state index in [1.807, 2.05) is 40.1 Å². The van der Waals surface area contributed by atoms with Crippen molar-refractivity contribution < 1.29 is 4.42 Å². The minimum atomic E-state index is 0.110. The summed E-state index contributed by atoms with van der Waals surface area (Å²) in [7, 11) is 3.77. The number of aryl methyl sites for hydroxylation is 3. The summed E-state index contributed by atoms with van der Waals surface area (Å²) < 4.78 is 7.36. The minimum absolute atomic E-state index is 0.110. The Labute approximate surface area is 112 Å². The van der Waals surface area contributed by atoms with Crippen molar-refractivity contribution in [3.63, 3.8) is 0 Å². The Morgan fingerprint density at radius 2 is 2.17 bits per heavy atom. The summed E-state index contributed by atoms with van der Waals surface area (Å²) >= 11 is 6.25. The lowest BCUT2D eigenvalue weighted by atomic mass is 10.1. The van der Waals surface area contributed by atoms with Gasteiger partial charge in [0.2, 0.25) is 0 Å². The largest absolute Gasteiger partial charge is 0.465 e. The van der Waals surface area contributed by atoms with Crippen LogP contribution in [0.25, 0.3) is 0 Å². The number of nitrogens with zero attached hydrogens (tertiary/aromatic N) is 2. The Bertz CT molecular complexity index is 544. The van der Waals surface area contributed by atoms with Crippen LogP contribution in [-0.4, -0.2) is 16.8 Å². The fourth-order valence-corrected chi connectivity index (χ4v) is 2.35. The van der Waals surface area contributed by atoms with Gasteiger partial charge in [-0.15, -0.1) is 0 Å². The second-order valence-corrected chi connectivity index (χ2v) is 4.83. The second-order valence-electron chi connectivity index (χ2n) is 4.47. The van der Waals surface area contributed by atoms with Gasteiger partial charge in [0.1, 0.15) is 16.7 Å². The molecule has 0 spiro atoms. The summed E-state index contributed by atoms with van der Waals surface area (Å²) in [5.74, 6) is 1.84. The highest BCUT2D eigenvalue weighted by Crippen LogP contribution is 2.26. The smallest absolute Gasteiger partial charge is 0.130 e. The molecule has 2 aromatic heterocycles. The molecular formula is C13H18ClN3O. The van der Waals surface area contributed by atoms with Crippen molar-refractivity contribution in [2.45, 2.75) is 26.3 Å². The molecule has 0 amide bonds. The molecule has 1 atom stereocenters. The number of hydrogen-bond donors (Lipinski definition) is 1. The lowest BCUT2D eigenvalue weighted by molar-refractivity contribution is 0.414. The second kappa shape index (κ2) is 5.16. The van der Waals surface area contributed by atoms with Crippen molar-refractivity contribution in [2.24, 2.45) is 7.05 Å². The summed E-state index contributed by atoms with van der Waals surface area (Å²) in [5, 5.41) is 8.27. The van der Waals surface area contributed by atoms with Gasteiger partial charge in [-0.05, 0) is 39.4 Å². The molecule has 0 saturated heterocycles. The van der Waals surface area contributed by atoms with E-state index in [9.17, 15) is 0 Å². The molecule has 0 aliphatic rings. The van der Waals surface area contributed by atoms with Crippen LogP contribution < -0.4 is 5.32 Å². The van der Waals surface area contributed by atoms with Crippen LogP contribution in [0.15, 0.2) is 16.5 Å². The van der Waals surface area contributed by atoms with Crippen LogP contribution in [0, 0.1) is 13.8 Å². The van der Waals surface area contributed by atoms with Gasteiger partial charge in [0.15, 0.2) is 0 Å². The molecule has 2 aromatic rings. The highest BCUT2D eigenvalue weighted by Gasteiger charge is 2.19. The summed E-state index contributed by atoms with van der Waals surface area (Å²) in [6, 6.07) is 4.08. The minimum Gasteiger partial charge on any atom is -0.465 e. The van der Waals surface area contributed by atoms with E-state index in [2.05, 4.69) is 10.4 Å². The summed E-state index contributed by atoms with van der Waals surface area (Å²) in [4.78, 5) is 0. The highest BCUT2D eigenvalue weighted by atomic mass is 35.5. The van der Waals surface area contributed by atoms with Crippen molar-refractivity contribution in [1.82, 2.24) is 15.1 Å². The van der Waals surface area contributed by atoms with Crippen molar-refractivity contribution >= 4 is 11.6 Å². The Balaban J connectivity index is 2.25. The normalized spacial score (nSPS) is 12.9. The van der Waals surface area contributed by atoms with Crippen LogP contribution in [0.5, 0.6) is 0 Å². The first-order valence-electron chi connectivity index (χ1n) is 5.94. The van der Waals surface area contributed by atoms with Crippen LogP contribution >= 0.6 is 11.6 Å². The molecule has 18 heavy (non-hydrogen) atoms. The van der Waals surface area contributed by atoms with Gasteiger partial charge in [0.05, 0.1) is 11.7 Å². The molecule has 2 heterocycles. The summed E-state index contributed by atoms with van der Waals surface area (Å²) in [6.45, 7) is 3.92. The Morgan fingerprint density at radius 1 is 1.44 bits per heavy atom. The molecule has 0 aromatic carbocycles. The van der Waals surface area contributed by atoms with E-state index >= 15 is 0 Å². The molecule has 2 rings (SSSR count). The average molecular weight is 268 g/mol. The maximum atomic E-state index is 6.25. The van der Waals surface area contributed by atoms with Gasteiger partial charge in [-0.25, -0.2) is 0 Å². The molecule has 0 aliphatic heterocycles. The van der Waals surface area contributed by atoms with E-state index in [0.29, 0.717) is 5.15 Å². The van der Waals surface area contributed by atoms with Crippen molar-refractivity contribution in [3.05, 3.63) is 40.1 Å². The number of rotatable bonds is 4. The molecule has 0 bridgehead atoms. The predicted octanol–water partition coefficient (Wildman–Crippen LogP) is 2.79. The topological polar surface area (TPSA) is 43.0 Å². The van der Waals surface area contributed by atoms with E-state index in [1.54, 1.807) is 4.68 Å². The molecule has 98 valence electrons. The van der Waals surface area contributed by atoms with Gasteiger partial charge in [-0.2, -0.15) is 5.10 Å². The quantitative estimate of drug-likeness (QED) is 0.926. The first-order chi connectivity index (χ1) is 8.52. The third-order valence-electron chi connectivity index (χ3n) is 3.13. The SMILES string of the molecule is CNC(Cc1c(C)nn(C)c1Cl)c1ccc(C)o1. The number of nitrogens with one attached hydrogen (secondary N) is 1. The van der Waals surface area contributed by atoms with Gasteiger partial charge in [0, 0.05) is 12.6 Å². The maximum absolute atomic E-state index is 6.25. The van der Waals surface area contributed by atoms with Gasteiger partial charge in [-0.1, -0.05) is 11.6 Å². The zero-order valence-corrected chi connectivity index (χ0v) is 11.9. The van der Waals surface area contributed by atoms with Crippen LogP contribution in [0.4, 0.5) is 0 Å². The standard InChI is InChI=1S/C13H18ClN3O/c1-8-5-6-12(18-8)11(15-3)7-10-9(2)16-17(4)13(10)14/h5-6,11,15H,7H2,1-4H3. The fraction of sp³-hybridized carbons (Fsp3) is 0.462. The third-order valence-corrected chi connectivity index (χ3v) is 3.60. The average Bonchev–Trinajstić information content (AvgIpc) is 2.84. The monoisotopic (exact) mass is 267 g/mol. The third kappa shape index (κ3) is 2.44. The summed E-state index contributed by atoms with van der Waals surface area (Å²) in [5.41, 5.74) is 2.03. The van der Waals surface area contributed by atoms with Crippen molar-refractivity contribution in [1.29, 1.82) is 0 Å². The van der Waals surface area contributed by atoms with Gasteiger partial charge < -0.3 is 9.73 Å². The van der Waals surface area contributed by atoms with Crippen molar-refractivity contribution in [3.8, 4) is 0 Å². The first-order valence-corrected chi connectivity index (χ1v) is 6.32. The molecule has 0 aliphatic carbocycles. The number of furan rings is 1. The maximum Gasteiger partial charge on any atom is 0.130 e. The zero-order chi connectivity index (χ0) is 13.3. The van der Waals surface area contributed by atoms with Gasteiger partial charge >= 0.3 is 0 Å². The molecule has 0 radical (unpaired) electrons. The molecule has 0 saturated carbocycles. The van der Waals surface area contributed by atoms with Crippen LogP contribution in [0.2, 0.25) is 5.15 Å². The molecule has 5 heteroatoms. The number of aromatic nitrogens is 2. The highest BCUT2D eigenvalue weighted by molar-refractivity contribution is 6.30. The number of hydrogen-bond acceptors (Lipinski definition) is 3. The number of likely N-dealkylation sites (N-methyl/N-ethyl adjacent to an activating group) is 1. The van der Waals surface area contributed by atoms with Crippen molar-refractivity contribution in [2.75, 3.05) is 7.05 Å². The van der Waals surface area contributed by atoms with Gasteiger partial charge in [-0.3, -0.25) is 4.68 Å². The fourth-order valence-electron chi connectivity index (χ4n) is 2.10. The van der Waals surface area contributed by atoms with E-state index in [4.69, 9.17) is 16.0 Å². The molecule has 1 N–H and O–H groups in total. The molecule has 4 nitrogen and oxygen atoms in total. The Kier molecular flexibility index (Phi) is 3.78. The lowest BCUT2D eigenvalue weighted by Crippen LogP contribution is -2.18. The predicted molar refractivity (Wildman–Crippen MR) is 71.9 cm³/mol. The van der Waals surface area contributed by atoms with Crippen LogP contribution in [-0.2, 0) is 13.5 Å². The Morgan fingerprint density at radius 3 is 2.61 bits per heavy atom. The number of halogens is 1. The Hall–Kier alpha value is -1.26. The zero-order valence-electron chi connectivity index (χ0n) is 11.1. The van der Waals surface area contributed by atoms with Crippen LogP contribution in [0.3, 0.4) is 0 Å². The van der Waals surface area contributed by atoms with E-state index in [0.717, 1.165) is 29.2 Å². The lowest BCUT2D eigenvalue weighted by Gasteiger charge is -2.13. The summed E-state index contributed by atoms with van der Waals surface area (Å²) in [6.07, 6.45) is 0.766. The van der Waals surface area contributed by atoms with E-state index in [1.165, 1.54) is 0 Å². The van der Waals surface area contributed by atoms with E-state index < -0.39 is 0 Å². The molecular weight excluding hydrogens is 250 g/mol. The van der Waals surface area contributed by atoms with Gasteiger partial charge in [0.25, 0.3) is 0 Å². The van der Waals surface area contributed by atoms with Crippen LogP contribution in [0.1, 0.15) is 28.8 Å². The van der Waals surface area contributed by atoms with E-state index in [-0.39, 0.29) is 6.04 Å². The first kappa shape index (κ1) is 13.2.